The first-order valence-corrected chi connectivity index (χ1v) is 24.8. The number of nitrogens with zero attached hydrogens (tertiary/aromatic N) is 2. The molecular formula is C51H65N9O9. The summed E-state index contributed by atoms with van der Waals surface area (Å²) in [4.78, 5) is 113. The Morgan fingerprint density at radius 1 is 0.710 bits per heavy atom. The number of aromatic nitrogens is 2. The third-order valence-electron chi connectivity index (χ3n) is 15.2. The first-order valence-electron chi connectivity index (χ1n) is 24.8. The molecule has 3 aliphatic heterocycles. The highest BCUT2D eigenvalue weighted by Gasteiger charge is 2.52. The number of para-hydroxylation sites is 2. The maximum absolute atomic E-state index is 15.2. The zero-order valence-corrected chi connectivity index (χ0v) is 39.3. The molecule has 5 aliphatic rings. The standard InChI is InChI=1S/C51H65N9O9/c1-68-23-24-69-30-44(61)52-21-18-38-48(65)59-22-10-17-42(59)49(66)60-41-16-7-2-11-31(41)27-43(60)47(64)56-40(26-33-29-54-37-15-6-4-13-35(33)37)46(63)58-51(19-8-9-20-51)50(67)57-39(45(62)55-38)25-32-28-53-36-14-5-3-12-34(32)36/h3-6,12-15,28-29,31,38-43,53-54H,2,7-11,16-27,30H2,1H3,(H,52,61)(H,55,62)(H,56,64)(H,57,67)(H,58,63)/t31-,38-,39-,40-,41-,42+,43-/m0/s1. The van der Waals surface area contributed by atoms with Crippen LogP contribution in [0.15, 0.2) is 60.9 Å². The Balaban J connectivity index is 1.09. The van der Waals surface area contributed by atoms with Crippen LogP contribution in [-0.2, 0) is 55.9 Å². The van der Waals surface area contributed by atoms with Gasteiger partial charge in [0.1, 0.15) is 42.4 Å². The van der Waals surface area contributed by atoms with Crippen molar-refractivity contribution in [3.8, 4) is 0 Å². The number of rotatable bonds is 12. The number of fused-ring (bicyclic) bond motifs is 6. The van der Waals surface area contributed by atoms with E-state index in [0.717, 1.165) is 52.2 Å². The van der Waals surface area contributed by atoms with Crippen molar-refractivity contribution in [2.75, 3.05) is 40.0 Å². The van der Waals surface area contributed by atoms with Gasteiger partial charge in [0.05, 0.1) is 13.2 Å². The Morgan fingerprint density at radius 3 is 2.06 bits per heavy atom. The predicted molar refractivity (Wildman–Crippen MR) is 255 cm³/mol. The molecule has 0 radical (unpaired) electrons. The van der Waals surface area contributed by atoms with Crippen LogP contribution in [0.5, 0.6) is 0 Å². The van der Waals surface area contributed by atoms with Crippen molar-refractivity contribution in [3.63, 3.8) is 0 Å². The molecule has 7 N–H and O–H groups in total. The van der Waals surface area contributed by atoms with Crippen molar-refractivity contribution in [3.05, 3.63) is 72.1 Å². The summed E-state index contributed by atoms with van der Waals surface area (Å²) < 4.78 is 10.4. The summed E-state index contributed by atoms with van der Waals surface area (Å²) in [6.07, 6.45) is 10.3. The molecule has 18 nitrogen and oxygen atoms in total. The van der Waals surface area contributed by atoms with Gasteiger partial charge in [-0.1, -0.05) is 62.1 Å². The van der Waals surface area contributed by atoms with Gasteiger partial charge in [0.25, 0.3) is 0 Å². The Labute approximate surface area is 401 Å². The fraction of sp³-hybridized carbons (Fsp3) is 0.549. The topological polar surface area (TPSA) is 236 Å². The van der Waals surface area contributed by atoms with Crippen molar-refractivity contribution in [2.24, 2.45) is 5.92 Å². The molecule has 7 atom stereocenters. The quantitative estimate of drug-likeness (QED) is 0.103. The lowest BCUT2D eigenvalue weighted by Crippen LogP contribution is -2.65. The van der Waals surface area contributed by atoms with E-state index in [1.807, 2.05) is 54.7 Å². The molecule has 1 spiro atoms. The number of H-pyrrole nitrogens is 2. The van der Waals surface area contributed by atoms with Crippen LogP contribution in [0.3, 0.4) is 0 Å². The number of hydrogen-bond donors (Lipinski definition) is 7. The second-order valence-electron chi connectivity index (χ2n) is 19.5. The lowest BCUT2D eigenvalue weighted by molar-refractivity contribution is -0.150. The molecule has 2 saturated carbocycles. The zero-order chi connectivity index (χ0) is 48.1. The van der Waals surface area contributed by atoms with Crippen molar-refractivity contribution in [1.29, 1.82) is 0 Å². The normalized spacial score (nSPS) is 26.8. The molecule has 0 unspecified atom stereocenters. The van der Waals surface area contributed by atoms with Gasteiger partial charge in [-0.05, 0) is 80.5 Å². The Bertz CT molecular complexity index is 2550. The second-order valence-corrected chi connectivity index (χ2v) is 19.5. The summed E-state index contributed by atoms with van der Waals surface area (Å²) in [7, 11) is 1.53. The minimum atomic E-state index is -1.43. The van der Waals surface area contributed by atoms with Crippen molar-refractivity contribution in [1.82, 2.24) is 46.4 Å². The van der Waals surface area contributed by atoms with Crippen molar-refractivity contribution >= 4 is 63.2 Å². The molecular weight excluding hydrogens is 883 g/mol. The van der Waals surface area contributed by atoms with E-state index in [2.05, 4.69) is 36.6 Å². The lowest BCUT2D eigenvalue weighted by Gasteiger charge is -2.38. The van der Waals surface area contributed by atoms with Gasteiger partial charge in [0, 0.05) is 73.3 Å². The molecule has 18 heteroatoms. The largest absolute Gasteiger partial charge is 0.382 e. The lowest BCUT2D eigenvalue weighted by atomic mass is 9.84. The molecule has 2 aromatic carbocycles. The van der Waals surface area contributed by atoms with Gasteiger partial charge in [0.15, 0.2) is 0 Å². The van der Waals surface area contributed by atoms with Gasteiger partial charge in [-0.15, -0.1) is 0 Å². The average Bonchev–Trinajstić information content (AvgIpc) is 4.22. The molecule has 4 aromatic rings. The summed E-state index contributed by atoms with van der Waals surface area (Å²) in [5.74, 6) is -3.37. The van der Waals surface area contributed by atoms with Gasteiger partial charge in [-0.3, -0.25) is 33.6 Å². The highest BCUT2D eigenvalue weighted by atomic mass is 16.5. The van der Waals surface area contributed by atoms with E-state index in [-0.39, 0.29) is 63.4 Å². The van der Waals surface area contributed by atoms with Crippen LogP contribution < -0.4 is 26.6 Å². The van der Waals surface area contributed by atoms with Crippen LogP contribution in [-0.4, -0.2) is 143 Å². The van der Waals surface area contributed by atoms with Crippen LogP contribution in [0.25, 0.3) is 21.8 Å². The number of amides is 7. The van der Waals surface area contributed by atoms with Crippen molar-refractivity contribution in [2.45, 2.75) is 132 Å². The van der Waals surface area contributed by atoms with E-state index in [9.17, 15) is 24.0 Å². The Hall–Kier alpha value is -6.27. The van der Waals surface area contributed by atoms with E-state index in [1.165, 1.54) is 12.0 Å². The molecule has 7 amide bonds. The summed E-state index contributed by atoms with van der Waals surface area (Å²) in [5.41, 5.74) is 1.82. The molecule has 2 aliphatic carbocycles. The van der Waals surface area contributed by atoms with E-state index >= 15 is 9.59 Å². The SMILES string of the molecule is COCCOCC(=O)NCC[C@@H]1NC(=O)[C@H](Cc2c[nH]c3ccccc23)NC(=O)C2(CCCC2)NC(=O)[C@H](Cc2c[nH]c3ccccc23)NC(=O)[C@@H]2C[C@@H]3CCCC[C@@H]3N2C(=O)[C@H]2CCCN2C1=O. The third-order valence-corrected chi connectivity index (χ3v) is 15.2. The number of methoxy groups -OCH3 is 1. The smallest absolute Gasteiger partial charge is 0.246 e. The molecule has 2 aromatic heterocycles. The number of carbonyl (C=O) groups excluding carboxylic acids is 7. The number of carbonyl (C=O) groups is 7. The highest BCUT2D eigenvalue weighted by Crippen LogP contribution is 2.41. The molecule has 69 heavy (non-hydrogen) atoms. The number of benzene rings is 2. The van der Waals surface area contributed by atoms with Gasteiger partial charge >= 0.3 is 0 Å². The minimum Gasteiger partial charge on any atom is -0.382 e. The van der Waals surface area contributed by atoms with Gasteiger partial charge < -0.3 is 55.8 Å². The van der Waals surface area contributed by atoms with Gasteiger partial charge in [-0.25, -0.2) is 0 Å². The summed E-state index contributed by atoms with van der Waals surface area (Å²) in [6, 6.07) is 9.71. The van der Waals surface area contributed by atoms with Gasteiger partial charge in [0.2, 0.25) is 41.4 Å². The Kier molecular flexibility index (Phi) is 14.7. The van der Waals surface area contributed by atoms with E-state index in [4.69, 9.17) is 9.47 Å². The zero-order valence-electron chi connectivity index (χ0n) is 39.3. The van der Waals surface area contributed by atoms with Crippen LogP contribution >= 0.6 is 0 Å². The maximum atomic E-state index is 15.2. The number of aromatic amines is 2. The third kappa shape index (κ3) is 10.2. The minimum absolute atomic E-state index is 0.0118. The van der Waals surface area contributed by atoms with Crippen LogP contribution in [0.2, 0.25) is 0 Å². The van der Waals surface area contributed by atoms with Crippen molar-refractivity contribution < 1.29 is 43.0 Å². The van der Waals surface area contributed by atoms with E-state index < -0.39 is 71.2 Å². The summed E-state index contributed by atoms with van der Waals surface area (Å²) >= 11 is 0. The highest BCUT2D eigenvalue weighted by molar-refractivity contribution is 6.01. The van der Waals surface area contributed by atoms with Crippen LogP contribution in [0.4, 0.5) is 0 Å². The number of ether oxygens (including phenoxy) is 2. The first-order chi connectivity index (χ1) is 33.5. The number of hydrogen-bond acceptors (Lipinski definition) is 9. The summed E-state index contributed by atoms with van der Waals surface area (Å²) in [6.45, 7) is 0.524. The molecule has 0 bridgehead atoms. The monoisotopic (exact) mass is 947 g/mol. The molecule has 368 valence electrons. The molecule has 5 fully saturated rings. The predicted octanol–water partition coefficient (Wildman–Crippen LogP) is 2.65. The van der Waals surface area contributed by atoms with E-state index in [0.29, 0.717) is 58.0 Å². The second kappa shape index (κ2) is 21.2. The Morgan fingerprint density at radius 2 is 1.36 bits per heavy atom. The van der Waals surface area contributed by atoms with Crippen LogP contribution in [0.1, 0.15) is 88.2 Å². The van der Waals surface area contributed by atoms with E-state index in [1.54, 1.807) is 11.1 Å². The fourth-order valence-electron chi connectivity index (χ4n) is 11.6. The molecule has 3 saturated heterocycles. The first kappa shape index (κ1) is 47.8. The summed E-state index contributed by atoms with van der Waals surface area (Å²) in [5, 5.41) is 16.7. The number of nitrogens with one attached hydrogen (secondary N) is 7. The molecule has 5 heterocycles. The fourth-order valence-corrected chi connectivity index (χ4v) is 11.6. The molecule has 9 rings (SSSR count). The van der Waals surface area contributed by atoms with Gasteiger partial charge in [-0.2, -0.15) is 0 Å². The maximum Gasteiger partial charge on any atom is 0.246 e. The van der Waals surface area contributed by atoms with Crippen LogP contribution in [0, 0.1) is 5.92 Å². The average molecular weight is 948 g/mol.